The summed E-state index contributed by atoms with van der Waals surface area (Å²) in [5, 5.41) is 0. The summed E-state index contributed by atoms with van der Waals surface area (Å²) < 4.78 is 11.7. The zero-order valence-electron chi connectivity index (χ0n) is 4.95. The summed E-state index contributed by atoms with van der Waals surface area (Å²) in [5.74, 6) is -0.449. The van der Waals surface area contributed by atoms with Crippen molar-refractivity contribution < 1.29 is 4.39 Å². The third-order valence-electron chi connectivity index (χ3n) is 0.562. The fourth-order valence-corrected chi connectivity index (χ4v) is 0.267. The highest BCUT2D eigenvalue weighted by Gasteiger charge is 1.71. The van der Waals surface area contributed by atoms with Gasteiger partial charge < -0.3 is 0 Å². The van der Waals surface area contributed by atoms with Crippen LogP contribution < -0.4 is 0 Å². The van der Waals surface area contributed by atoms with E-state index in [2.05, 4.69) is 12.3 Å². The Morgan fingerprint density at radius 3 is 2.88 bits per heavy atom. The molecule has 0 N–H and O–H groups in total. The summed E-state index contributed by atoms with van der Waals surface area (Å²) in [7, 11) is 0. The molecule has 0 rings (SSSR count). The normalized spacial score (nSPS) is 7.25. The van der Waals surface area contributed by atoms with E-state index in [9.17, 15) is 4.39 Å². The van der Waals surface area contributed by atoms with Gasteiger partial charge in [-0.2, -0.15) is 0 Å². The monoisotopic (exact) mass is 112 g/mol. The van der Waals surface area contributed by atoms with Crippen molar-refractivity contribution in [3.05, 3.63) is 30.3 Å². The SMILES string of the molecule is C=C(F)C=C=CCC. The van der Waals surface area contributed by atoms with Crippen LogP contribution in [0.25, 0.3) is 0 Å². The minimum Gasteiger partial charge on any atom is -0.207 e. The van der Waals surface area contributed by atoms with E-state index >= 15 is 0 Å². The van der Waals surface area contributed by atoms with Crippen LogP contribution in [0.2, 0.25) is 0 Å². The zero-order chi connectivity index (χ0) is 6.41. The fraction of sp³-hybridized carbons (Fsp3) is 0.286. The Morgan fingerprint density at radius 1 is 1.88 bits per heavy atom. The molecule has 0 atom stereocenters. The van der Waals surface area contributed by atoms with Gasteiger partial charge in [0.15, 0.2) is 0 Å². The lowest BCUT2D eigenvalue weighted by Gasteiger charge is -1.71. The first kappa shape index (κ1) is 7.19. The van der Waals surface area contributed by atoms with Crippen molar-refractivity contribution >= 4 is 0 Å². The first-order valence-electron chi connectivity index (χ1n) is 2.52. The average molecular weight is 112 g/mol. The van der Waals surface area contributed by atoms with E-state index in [1.54, 1.807) is 6.08 Å². The van der Waals surface area contributed by atoms with Gasteiger partial charge in [0.05, 0.1) is 0 Å². The molecule has 0 bridgehead atoms. The molecule has 0 saturated carbocycles. The quantitative estimate of drug-likeness (QED) is 0.380. The molecule has 44 valence electrons. The van der Waals surface area contributed by atoms with Crippen molar-refractivity contribution in [1.29, 1.82) is 0 Å². The third-order valence-corrected chi connectivity index (χ3v) is 0.562. The minimum atomic E-state index is -0.449. The van der Waals surface area contributed by atoms with Crippen molar-refractivity contribution in [3.63, 3.8) is 0 Å². The highest BCUT2D eigenvalue weighted by atomic mass is 19.1. The predicted octanol–water partition coefficient (Wildman–Crippen LogP) is 2.59. The summed E-state index contributed by atoms with van der Waals surface area (Å²) in [6.45, 7) is 4.98. The van der Waals surface area contributed by atoms with Gasteiger partial charge in [0.1, 0.15) is 5.83 Å². The summed E-state index contributed by atoms with van der Waals surface area (Å²) in [6, 6.07) is 0. The molecule has 0 fully saturated rings. The molecule has 0 radical (unpaired) electrons. The van der Waals surface area contributed by atoms with Gasteiger partial charge in [-0.1, -0.05) is 13.5 Å². The lowest BCUT2D eigenvalue weighted by atomic mass is 10.4. The van der Waals surface area contributed by atoms with Crippen molar-refractivity contribution in [2.45, 2.75) is 13.3 Å². The maximum Gasteiger partial charge on any atom is 0.123 e. The molecule has 1 heteroatoms. The van der Waals surface area contributed by atoms with Crippen molar-refractivity contribution in [2.75, 3.05) is 0 Å². The fourth-order valence-electron chi connectivity index (χ4n) is 0.267. The molecule has 0 saturated heterocycles. The summed E-state index contributed by atoms with van der Waals surface area (Å²) in [6.07, 6.45) is 3.83. The molecule has 0 nitrogen and oxygen atoms in total. The van der Waals surface area contributed by atoms with Crippen LogP contribution in [0.1, 0.15) is 13.3 Å². The molecule has 0 aromatic heterocycles. The van der Waals surface area contributed by atoms with Crippen molar-refractivity contribution in [1.82, 2.24) is 0 Å². The molecule has 0 aliphatic carbocycles. The van der Waals surface area contributed by atoms with Gasteiger partial charge in [0.2, 0.25) is 0 Å². The summed E-state index contributed by atoms with van der Waals surface area (Å²) in [5.41, 5.74) is 2.61. The lowest BCUT2D eigenvalue weighted by molar-refractivity contribution is 0.671. The highest BCUT2D eigenvalue weighted by molar-refractivity contribution is 5.04. The third kappa shape index (κ3) is 5.19. The number of hydrogen-bond acceptors (Lipinski definition) is 0. The zero-order valence-corrected chi connectivity index (χ0v) is 4.95. The molecule has 0 heterocycles. The maximum atomic E-state index is 11.7. The van der Waals surface area contributed by atoms with Crippen LogP contribution in [0.4, 0.5) is 4.39 Å². The largest absolute Gasteiger partial charge is 0.207 e. The molecular formula is C7H9F. The van der Waals surface area contributed by atoms with Crippen LogP contribution >= 0.6 is 0 Å². The van der Waals surface area contributed by atoms with Crippen LogP contribution in [0.15, 0.2) is 30.3 Å². The van der Waals surface area contributed by atoms with Gasteiger partial charge >= 0.3 is 0 Å². The van der Waals surface area contributed by atoms with Gasteiger partial charge in [-0.15, -0.1) is 5.73 Å². The van der Waals surface area contributed by atoms with Crippen LogP contribution in [-0.2, 0) is 0 Å². The molecule has 0 unspecified atom stereocenters. The summed E-state index contributed by atoms with van der Waals surface area (Å²) >= 11 is 0. The summed E-state index contributed by atoms with van der Waals surface area (Å²) in [4.78, 5) is 0. The molecule has 0 aliphatic heterocycles. The second-order valence-electron chi connectivity index (χ2n) is 1.37. The number of halogens is 1. The Kier molecular flexibility index (Phi) is 3.91. The van der Waals surface area contributed by atoms with E-state index < -0.39 is 5.83 Å². The van der Waals surface area contributed by atoms with Crippen LogP contribution in [0, 0.1) is 0 Å². The Bertz CT molecular complexity index is 127. The van der Waals surface area contributed by atoms with E-state index in [1.807, 2.05) is 6.92 Å². The molecule has 0 aromatic carbocycles. The molecule has 8 heavy (non-hydrogen) atoms. The lowest BCUT2D eigenvalue weighted by Crippen LogP contribution is -1.52. The van der Waals surface area contributed by atoms with E-state index in [4.69, 9.17) is 0 Å². The first-order valence-corrected chi connectivity index (χ1v) is 2.52. The standard InChI is InChI=1S/C7H9F/c1-3-4-5-6-7(2)8/h4,6H,2-3H2,1H3. The van der Waals surface area contributed by atoms with Gasteiger partial charge in [-0.25, -0.2) is 4.39 Å². The average Bonchev–Trinajstić information content (AvgIpc) is 1.66. The van der Waals surface area contributed by atoms with E-state index in [0.717, 1.165) is 6.42 Å². The van der Waals surface area contributed by atoms with Gasteiger partial charge in [-0.05, 0) is 12.5 Å². The van der Waals surface area contributed by atoms with Crippen LogP contribution in [-0.4, -0.2) is 0 Å². The van der Waals surface area contributed by atoms with E-state index in [0.29, 0.717) is 0 Å². The van der Waals surface area contributed by atoms with Gasteiger partial charge in [0, 0.05) is 6.08 Å². The Hall–Kier alpha value is -0.810. The Balaban J connectivity index is 3.64. The second-order valence-corrected chi connectivity index (χ2v) is 1.37. The molecule has 0 spiro atoms. The molecule has 0 aliphatic rings. The van der Waals surface area contributed by atoms with E-state index in [1.165, 1.54) is 6.08 Å². The Morgan fingerprint density at radius 2 is 2.50 bits per heavy atom. The molecular weight excluding hydrogens is 103 g/mol. The second kappa shape index (κ2) is 4.35. The molecule has 0 aromatic rings. The minimum absolute atomic E-state index is 0.449. The van der Waals surface area contributed by atoms with Gasteiger partial charge in [0.25, 0.3) is 0 Å². The van der Waals surface area contributed by atoms with E-state index in [-0.39, 0.29) is 0 Å². The maximum absolute atomic E-state index is 11.7. The molecule has 0 amide bonds. The van der Waals surface area contributed by atoms with Gasteiger partial charge in [-0.3, -0.25) is 0 Å². The first-order chi connectivity index (χ1) is 3.77. The highest BCUT2D eigenvalue weighted by Crippen LogP contribution is 1.89. The number of hydrogen-bond donors (Lipinski definition) is 0. The van der Waals surface area contributed by atoms with Crippen LogP contribution in [0.5, 0.6) is 0 Å². The van der Waals surface area contributed by atoms with Crippen LogP contribution in [0.3, 0.4) is 0 Å². The number of rotatable bonds is 2. The topological polar surface area (TPSA) is 0 Å². The van der Waals surface area contributed by atoms with Crippen molar-refractivity contribution in [2.24, 2.45) is 0 Å². The van der Waals surface area contributed by atoms with Crippen molar-refractivity contribution in [3.8, 4) is 0 Å². The predicted molar refractivity (Wildman–Crippen MR) is 33.2 cm³/mol. The smallest absolute Gasteiger partial charge is 0.123 e. The Labute approximate surface area is 49.0 Å². The number of allylic oxidation sites excluding steroid dienone is 2.